The maximum Gasteiger partial charge on any atom is 0.262 e. The number of hydrogen-bond donors (Lipinski definition) is 1. The van der Waals surface area contributed by atoms with Gasteiger partial charge in [0.25, 0.3) is 5.91 Å². The summed E-state index contributed by atoms with van der Waals surface area (Å²) in [6.45, 7) is 10.9. The number of nitrogens with one attached hydrogen (secondary N) is 1. The van der Waals surface area contributed by atoms with Gasteiger partial charge in [-0.05, 0) is 81.4 Å². The van der Waals surface area contributed by atoms with Gasteiger partial charge in [-0.25, -0.2) is 0 Å². The van der Waals surface area contributed by atoms with E-state index in [1.165, 1.54) is 0 Å². The quantitative estimate of drug-likeness (QED) is 0.252. The number of carbonyl (C=O) groups excluding carboxylic acids is 3. The fourth-order valence-corrected chi connectivity index (χ4v) is 8.00. The van der Waals surface area contributed by atoms with Gasteiger partial charge in [0, 0.05) is 53.5 Å². The number of Topliss-reactive ketones (excluding diaryl/α,β-unsaturated/α-hetero) is 2. The zero-order valence-electron chi connectivity index (χ0n) is 28.5. The van der Waals surface area contributed by atoms with Crippen LogP contribution < -0.4 is 14.8 Å². The van der Waals surface area contributed by atoms with Gasteiger partial charge in [-0.2, -0.15) is 0 Å². The van der Waals surface area contributed by atoms with E-state index in [1.807, 2.05) is 61.5 Å². The number of rotatable bonds is 8. The van der Waals surface area contributed by atoms with Crippen molar-refractivity contribution in [3.05, 3.63) is 110 Å². The first-order valence-corrected chi connectivity index (χ1v) is 17.3. The van der Waals surface area contributed by atoms with Crippen LogP contribution in [-0.2, 0) is 20.9 Å². The Bertz CT molecular complexity index is 1800. The molecule has 0 radical (unpaired) electrons. The average Bonchev–Trinajstić information content (AvgIpc) is 3.01. The number of benzene rings is 3. The number of allylic oxidation sites excluding steroid dienone is 4. The lowest BCUT2D eigenvalue weighted by molar-refractivity contribution is -0.120. The maximum absolute atomic E-state index is 14.3. The Morgan fingerprint density at radius 2 is 1.46 bits per heavy atom. The van der Waals surface area contributed by atoms with Gasteiger partial charge in [0.1, 0.15) is 0 Å². The van der Waals surface area contributed by atoms with Crippen LogP contribution in [0.5, 0.6) is 11.5 Å². The van der Waals surface area contributed by atoms with Gasteiger partial charge >= 0.3 is 0 Å². The first kappa shape index (κ1) is 33.7. The van der Waals surface area contributed by atoms with E-state index < -0.39 is 5.92 Å². The summed E-state index contributed by atoms with van der Waals surface area (Å²) in [7, 11) is 1.55. The highest BCUT2D eigenvalue weighted by molar-refractivity contribution is 9.10. The Morgan fingerprint density at radius 3 is 2.04 bits per heavy atom. The van der Waals surface area contributed by atoms with E-state index >= 15 is 0 Å². The second-order valence-corrected chi connectivity index (χ2v) is 15.6. The minimum absolute atomic E-state index is 0.0665. The molecule has 3 aliphatic rings. The monoisotopic (exact) mass is 710 g/mol. The lowest BCUT2D eigenvalue weighted by atomic mass is 9.63. The topological polar surface area (TPSA) is 84.9 Å². The number of anilines is 1. The molecule has 3 aromatic rings. The van der Waals surface area contributed by atoms with E-state index in [4.69, 9.17) is 9.47 Å². The predicted octanol–water partition coefficient (Wildman–Crippen LogP) is 8.67. The number of nitrogens with zero attached hydrogens (tertiary/aromatic N) is 1. The lowest BCUT2D eigenvalue weighted by Crippen LogP contribution is -2.44. The normalized spacial score (nSPS) is 18.8. The summed E-state index contributed by atoms with van der Waals surface area (Å²) in [5.74, 6) is 0.0690. The number of ketones is 2. The third-order valence-corrected chi connectivity index (χ3v) is 10.1. The van der Waals surface area contributed by atoms with Crippen LogP contribution in [-0.4, -0.2) is 36.1 Å². The van der Waals surface area contributed by atoms with Gasteiger partial charge in [0.05, 0.1) is 11.6 Å². The van der Waals surface area contributed by atoms with E-state index in [0.717, 1.165) is 46.6 Å². The fraction of sp³-hybridized carbons (Fsp3) is 0.375. The highest BCUT2D eigenvalue weighted by Crippen LogP contribution is 2.55. The molecule has 0 bridgehead atoms. The van der Waals surface area contributed by atoms with Crippen molar-refractivity contribution in [3.63, 3.8) is 0 Å². The summed E-state index contributed by atoms with van der Waals surface area (Å²) in [6.07, 6.45) is 2.25. The van der Waals surface area contributed by atoms with Gasteiger partial charge in [0.2, 0.25) is 0 Å². The van der Waals surface area contributed by atoms with Gasteiger partial charge in [0.15, 0.2) is 29.7 Å². The summed E-state index contributed by atoms with van der Waals surface area (Å²) >= 11 is 3.68. The number of para-hydroxylation sites is 1. The molecule has 7 nitrogen and oxygen atoms in total. The Morgan fingerprint density at radius 1 is 0.875 bits per heavy atom. The van der Waals surface area contributed by atoms with Crippen LogP contribution in [0.3, 0.4) is 0 Å². The molecule has 0 saturated heterocycles. The van der Waals surface area contributed by atoms with Crippen molar-refractivity contribution < 1.29 is 23.9 Å². The molecule has 1 amide bonds. The maximum atomic E-state index is 14.3. The molecule has 0 spiro atoms. The SMILES string of the molecule is COc1cc(C2C3=C(CC(C)(C)CC3=O)N(Cc3ccccc3)C3=C2C(=O)CC(C)(C)C3)cc(Br)c1OCC(=O)Nc1ccccc1C. The molecule has 0 atom stereocenters. The summed E-state index contributed by atoms with van der Waals surface area (Å²) in [5, 5.41) is 2.90. The predicted molar refractivity (Wildman–Crippen MR) is 191 cm³/mol. The zero-order chi connectivity index (χ0) is 34.4. The van der Waals surface area contributed by atoms with E-state index in [1.54, 1.807) is 7.11 Å². The molecule has 8 heteroatoms. The summed E-state index contributed by atoms with van der Waals surface area (Å²) in [5.41, 5.74) is 6.50. The van der Waals surface area contributed by atoms with Gasteiger partial charge in [-0.3, -0.25) is 14.4 Å². The Kier molecular flexibility index (Phi) is 9.16. The number of methoxy groups -OCH3 is 1. The molecular weight excluding hydrogens is 668 g/mol. The van der Waals surface area contributed by atoms with Crippen LogP contribution in [0, 0.1) is 17.8 Å². The molecule has 0 fully saturated rings. The van der Waals surface area contributed by atoms with Gasteiger partial charge in [-0.15, -0.1) is 0 Å². The molecule has 3 aromatic carbocycles. The van der Waals surface area contributed by atoms with Crippen LogP contribution in [0.2, 0.25) is 0 Å². The number of hydrogen-bond acceptors (Lipinski definition) is 6. The van der Waals surface area contributed by atoms with Crippen LogP contribution >= 0.6 is 15.9 Å². The summed E-state index contributed by atoms with van der Waals surface area (Å²) < 4.78 is 12.4. The van der Waals surface area contributed by atoms with Crippen LogP contribution in [0.25, 0.3) is 0 Å². The molecule has 0 saturated carbocycles. The molecule has 0 unspecified atom stereocenters. The van der Waals surface area contributed by atoms with Crippen molar-refractivity contribution in [3.8, 4) is 11.5 Å². The average molecular weight is 712 g/mol. The second kappa shape index (κ2) is 13.0. The lowest BCUT2D eigenvalue weighted by Gasteiger charge is -2.49. The highest BCUT2D eigenvalue weighted by Gasteiger charge is 2.49. The van der Waals surface area contributed by atoms with E-state index in [9.17, 15) is 14.4 Å². The Balaban J connectivity index is 1.43. The third kappa shape index (κ3) is 6.73. The van der Waals surface area contributed by atoms with Gasteiger partial charge < -0.3 is 19.7 Å². The Labute approximate surface area is 291 Å². The van der Waals surface area contributed by atoms with Crippen molar-refractivity contribution in [2.45, 2.75) is 72.8 Å². The fourth-order valence-electron chi connectivity index (χ4n) is 7.42. The summed E-state index contributed by atoms with van der Waals surface area (Å²) in [4.78, 5) is 43.6. The van der Waals surface area contributed by atoms with Crippen molar-refractivity contribution >= 4 is 39.1 Å². The first-order chi connectivity index (χ1) is 22.8. The second-order valence-electron chi connectivity index (χ2n) is 14.8. The molecule has 1 aliphatic heterocycles. The molecule has 0 aromatic heterocycles. The molecule has 1 N–H and O–H groups in total. The molecule has 250 valence electrons. The zero-order valence-corrected chi connectivity index (χ0v) is 30.1. The van der Waals surface area contributed by atoms with Crippen molar-refractivity contribution in [1.29, 1.82) is 0 Å². The summed E-state index contributed by atoms with van der Waals surface area (Å²) in [6, 6.07) is 21.6. The van der Waals surface area contributed by atoms with Crippen molar-refractivity contribution in [1.82, 2.24) is 4.90 Å². The largest absolute Gasteiger partial charge is 0.493 e. The smallest absolute Gasteiger partial charge is 0.262 e. The van der Waals surface area contributed by atoms with Crippen molar-refractivity contribution in [2.75, 3.05) is 19.0 Å². The Hall–Kier alpha value is -4.17. The van der Waals surface area contributed by atoms with Crippen LogP contribution in [0.1, 0.15) is 76.0 Å². The number of ether oxygens (including phenoxy) is 2. The number of carbonyl (C=O) groups is 3. The number of aryl methyl sites for hydroxylation is 1. The minimum atomic E-state index is -0.544. The number of halogens is 1. The van der Waals surface area contributed by atoms with Crippen molar-refractivity contribution in [2.24, 2.45) is 10.8 Å². The molecular formula is C40H43BrN2O5. The molecule has 2 aliphatic carbocycles. The van der Waals surface area contributed by atoms with E-state index in [-0.39, 0.29) is 34.9 Å². The highest BCUT2D eigenvalue weighted by atomic mass is 79.9. The van der Waals surface area contributed by atoms with E-state index in [2.05, 4.69) is 66.0 Å². The number of amides is 1. The molecule has 48 heavy (non-hydrogen) atoms. The first-order valence-electron chi connectivity index (χ1n) is 16.5. The molecule has 6 rings (SSSR count). The van der Waals surface area contributed by atoms with Crippen LogP contribution in [0.15, 0.2) is 93.7 Å². The molecule has 1 heterocycles. The van der Waals surface area contributed by atoms with Crippen LogP contribution in [0.4, 0.5) is 5.69 Å². The minimum Gasteiger partial charge on any atom is -0.493 e. The standard InChI is InChI=1S/C40H43BrN2O5/c1-24-12-10-11-15-28(24)42-34(46)23-48-38-27(41)16-26(17-33(38)47-6)35-36-29(18-39(2,3)20-31(36)44)43(22-25-13-8-7-9-14-25)30-19-40(4,5)21-32(45)37(30)35/h7-17,35H,18-23H2,1-6H3,(H,42,46). The third-order valence-electron chi connectivity index (χ3n) is 9.56. The van der Waals surface area contributed by atoms with E-state index in [0.29, 0.717) is 46.5 Å². The van der Waals surface area contributed by atoms with Gasteiger partial charge in [-0.1, -0.05) is 76.2 Å².